The molecule has 2 rings (SSSR count). The van der Waals surface area contributed by atoms with Gasteiger partial charge in [-0.3, -0.25) is 14.9 Å². The lowest BCUT2D eigenvalue weighted by atomic mass is 10.2. The number of nitro groups is 1. The highest BCUT2D eigenvalue weighted by atomic mass is 35.5. The van der Waals surface area contributed by atoms with Crippen molar-refractivity contribution in [3.63, 3.8) is 0 Å². The molecule has 0 aliphatic heterocycles. The lowest BCUT2D eigenvalue weighted by molar-refractivity contribution is -0.385. The van der Waals surface area contributed by atoms with Crippen molar-refractivity contribution in [3.8, 4) is 0 Å². The van der Waals surface area contributed by atoms with Crippen molar-refractivity contribution >= 4 is 23.2 Å². The van der Waals surface area contributed by atoms with Crippen molar-refractivity contribution in [3.05, 3.63) is 56.7 Å². The first-order valence-electron chi connectivity index (χ1n) is 5.99. The summed E-state index contributed by atoms with van der Waals surface area (Å²) in [5.41, 5.74) is 0.247. The topological polar surface area (TPSA) is 89.5 Å². The zero-order chi connectivity index (χ0) is 15.6. The number of hydrogen-bond acceptors (Lipinski definition) is 5. The van der Waals surface area contributed by atoms with Crippen LogP contribution in [0.5, 0.6) is 0 Å². The van der Waals surface area contributed by atoms with Crippen molar-refractivity contribution in [2.24, 2.45) is 0 Å². The van der Waals surface area contributed by atoms with Crippen LogP contribution in [0.1, 0.15) is 21.7 Å². The summed E-state index contributed by atoms with van der Waals surface area (Å²) in [7, 11) is 1.55. The molecule has 0 N–H and O–H groups in total. The van der Waals surface area contributed by atoms with E-state index in [2.05, 4.69) is 4.98 Å². The van der Waals surface area contributed by atoms with Crippen LogP contribution < -0.4 is 0 Å². The second kappa shape index (κ2) is 5.92. The highest BCUT2D eigenvalue weighted by Gasteiger charge is 2.27. The fourth-order valence-corrected chi connectivity index (χ4v) is 2.11. The van der Waals surface area contributed by atoms with Crippen molar-refractivity contribution < 1.29 is 14.1 Å². The van der Waals surface area contributed by atoms with Gasteiger partial charge in [-0.25, -0.2) is 4.98 Å². The van der Waals surface area contributed by atoms with Crippen molar-refractivity contribution in [1.82, 2.24) is 9.88 Å². The Balaban J connectivity index is 2.30. The Kier molecular flexibility index (Phi) is 4.23. The zero-order valence-corrected chi connectivity index (χ0v) is 12.1. The molecule has 2 aromatic heterocycles. The number of amides is 1. The molecule has 2 aromatic rings. The summed E-state index contributed by atoms with van der Waals surface area (Å²) in [6, 6.07) is 3.03. The highest BCUT2D eigenvalue weighted by molar-refractivity contribution is 6.32. The van der Waals surface area contributed by atoms with E-state index in [0.29, 0.717) is 5.76 Å². The van der Waals surface area contributed by atoms with Gasteiger partial charge in [0.1, 0.15) is 11.3 Å². The molecule has 0 bridgehead atoms. The van der Waals surface area contributed by atoms with Gasteiger partial charge in [0.25, 0.3) is 5.91 Å². The maximum absolute atomic E-state index is 12.4. The number of hydrogen-bond donors (Lipinski definition) is 0. The van der Waals surface area contributed by atoms with Gasteiger partial charge in [-0.1, -0.05) is 11.6 Å². The molecule has 7 nitrogen and oxygen atoms in total. The number of halogens is 1. The summed E-state index contributed by atoms with van der Waals surface area (Å²) < 4.78 is 5.15. The fraction of sp³-hybridized carbons (Fsp3) is 0.231. The van der Waals surface area contributed by atoms with E-state index < -0.39 is 16.5 Å². The second-order valence-corrected chi connectivity index (χ2v) is 4.78. The average molecular weight is 310 g/mol. The Morgan fingerprint density at radius 2 is 2.24 bits per heavy atom. The summed E-state index contributed by atoms with van der Waals surface area (Å²) in [6.07, 6.45) is 2.79. The SMILES string of the molecule is Cc1occc1CN(C)C(=O)c1ccnc(Cl)c1[N+](=O)[O-]. The van der Waals surface area contributed by atoms with E-state index in [1.54, 1.807) is 20.0 Å². The predicted octanol–water partition coefficient (Wildman–Crippen LogP) is 2.82. The fourth-order valence-electron chi connectivity index (χ4n) is 1.88. The van der Waals surface area contributed by atoms with E-state index in [9.17, 15) is 14.9 Å². The lowest BCUT2D eigenvalue weighted by Crippen LogP contribution is -2.27. The number of aryl methyl sites for hydroxylation is 1. The molecule has 0 saturated heterocycles. The molecular weight excluding hydrogens is 298 g/mol. The minimum atomic E-state index is -0.709. The molecule has 8 heteroatoms. The summed E-state index contributed by atoms with van der Waals surface area (Å²) in [6.45, 7) is 2.05. The van der Waals surface area contributed by atoms with Crippen LogP contribution in [0.4, 0.5) is 5.69 Å². The summed E-state index contributed by atoms with van der Waals surface area (Å²) in [5.74, 6) is 0.184. The monoisotopic (exact) mass is 309 g/mol. The first kappa shape index (κ1) is 15.0. The Morgan fingerprint density at radius 1 is 1.52 bits per heavy atom. The lowest BCUT2D eigenvalue weighted by Gasteiger charge is -2.16. The number of aromatic nitrogens is 1. The maximum atomic E-state index is 12.4. The maximum Gasteiger partial charge on any atom is 0.319 e. The summed E-state index contributed by atoms with van der Waals surface area (Å²) in [5, 5.41) is 10.7. The molecule has 0 spiro atoms. The number of nitrogens with zero attached hydrogens (tertiary/aromatic N) is 3. The standard InChI is InChI=1S/C13H12ClN3O4/c1-8-9(4-6-21-8)7-16(2)13(18)10-3-5-15-12(14)11(10)17(19)20/h3-6H,7H2,1-2H3. The first-order chi connectivity index (χ1) is 9.91. The molecule has 0 saturated carbocycles. The Morgan fingerprint density at radius 3 is 2.81 bits per heavy atom. The molecule has 0 atom stereocenters. The van der Waals surface area contributed by atoms with E-state index in [1.807, 2.05) is 0 Å². The van der Waals surface area contributed by atoms with E-state index >= 15 is 0 Å². The van der Waals surface area contributed by atoms with Gasteiger partial charge >= 0.3 is 5.69 Å². The zero-order valence-electron chi connectivity index (χ0n) is 11.4. The molecular formula is C13H12ClN3O4. The second-order valence-electron chi connectivity index (χ2n) is 4.42. The van der Waals surface area contributed by atoms with Gasteiger partial charge in [0, 0.05) is 25.4 Å². The van der Waals surface area contributed by atoms with E-state index in [-0.39, 0.29) is 17.3 Å². The van der Waals surface area contributed by atoms with E-state index in [0.717, 1.165) is 5.56 Å². The van der Waals surface area contributed by atoms with Crippen LogP contribution in [0.15, 0.2) is 29.0 Å². The predicted molar refractivity (Wildman–Crippen MR) is 75.1 cm³/mol. The molecule has 110 valence electrons. The highest BCUT2D eigenvalue weighted by Crippen LogP contribution is 2.27. The van der Waals surface area contributed by atoms with Crippen LogP contribution in [0, 0.1) is 17.0 Å². The Bertz CT molecular complexity index is 698. The third-order valence-electron chi connectivity index (χ3n) is 3.01. The van der Waals surface area contributed by atoms with Crippen LogP contribution in [0.3, 0.4) is 0 Å². The van der Waals surface area contributed by atoms with Crippen molar-refractivity contribution in [2.45, 2.75) is 13.5 Å². The minimum Gasteiger partial charge on any atom is -0.469 e. The van der Waals surface area contributed by atoms with Crippen LogP contribution in [-0.2, 0) is 6.54 Å². The molecule has 21 heavy (non-hydrogen) atoms. The van der Waals surface area contributed by atoms with Gasteiger partial charge < -0.3 is 9.32 Å². The van der Waals surface area contributed by atoms with Crippen LogP contribution in [0.2, 0.25) is 5.15 Å². The van der Waals surface area contributed by atoms with Gasteiger partial charge in [-0.2, -0.15) is 0 Å². The van der Waals surface area contributed by atoms with Crippen LogP contribution >= 0.6 is 11.6 Å². The number of carbonyl (C=O) groups excluding carboxylic acids is 1. The molecule has 0 radical (unpaired) electrons. The summed E-state index contributed by atoms with van der Waals surface area (Å²) >= 11 is 5.70. The molecule has 0 fully saturated rings. The largest absolute Gasteiger partial charge is 0.469 e. The third-order valence-corrected chi connectivity index (χ3v) is 3.29. The van der Waals surface area contributed by atoms with E-state index in [4.69, 9.17) is 16.0 Å². The Hall–Kier alpha value is -2.41. The van der Waals surface area contributed by atoms with E-state index in [1.165, 1.54) is 23.4 Å². The van der Waals surface area contributed by atoms with Crippen molar-refractivity contribution in [1.29, 1.82) is 0 Å². The molecule has 0 aliphatic carbocycles. The number of furan rings is 1. The Labute approximate surface area is 125 Å². The van der Waals surface area contributed by atoms with Gasteiger partial charge in [0.2, 0.25) is 5.15 Å². The third kappa shape index (κ3) is 3.03. The number of pyridine rings is 1. The molecule has 2 heterocycles. The molecule has 0 unspecified atom stereocenters. The van der Waals surface area contributed by atoms with Gasteiger partial charge in [-0.05, 0) is 19.1 Å². The molecule has 0 aromatic carbocycles. The molecule has 1 amide bonds. The van der Waals surface area contributed by atoms with Crippen LogP contribution in [-0.4, -0.2) is 27.8 Å². The summed E-state index contributed by atoms with van der Waals surface area (Å²) in [4.78, 5) is 27.7. The van der Waals surface area contributed by atoms with Crippen molar-refractivity contribution in [2.75, 3.05) is 7.05 Å². The quantitative estimate of drug-likeness (QED) is 0.492. The number of carbonyl (C=O) groups is 1. The van der Waals surface area contributed by atoms with Gasteiger partial charge in [-0.15, -0.1) is 0 Å². The van der Waals surface area contributed by atoms with Crippen LogP contribution in [0.25, 0.3) is 0 Å². The first-order valence-corrected chi connectivity index (χ1v) is 6.37. The van der Waals surface area contributed by atoms with Gasteiger partial charge in [0.15, 0.2) is 0 Å². The van der Waals surface area contributed by atoms with Gasteiger partial charge in [0.05, 0.1) is 11.2 Å². The normalized spacial score (nSPS) is 10.4. The average Bonchev–Trinajstić information content (AvgIpc) is 2.82. The minimum absolute atomic E-state index is 0.0938. The molecule has 0 aliphatic rings. The smallest absolute Gasteiger partial charge is 0.319 e. The number of rotatable bonds is 4.